The number of nitrogens with zero attached hydrogens (tertiary/aromatic N) is 1. The zero-order valence-electron chi connectivity index (χ0n) is 25.1. The van der Waals surface area contributed by atoms with E-state index in [9.17, 15) is 14.4 Å². The molecule has 43 heavy (non-hydrogen) atoms. The molecule has 2 aliphatic heterocycles. The van der Waals surface area contributed by atoms with Crippen LogP contribution in [0.5, 0.6) is 0 Å². The molecule has 0 radical (unpaired) electrons. The summed E-state index contributed by atoms with van der Waals surface area (Å²) in [5.41, 5.74) is 4.32. The number of aromatic amines is 1. The number of para-hydroxylation sites is 1. The highest BCUT2D eigenvalue weighted by atomic mass is 16.2. The van der Waals surface area contributed by atoms with Crippen LogP contribution in [0.1, 0.15) is 61.7 Å². The average molecular weight is 578 g/mol. The maximum absolute atomic E-state index is 14.5. The topological polar surface area (TPSA) is 106 Å². The summed E-state index contributed by atoms with van der Waals surface area (Å²) in [4.78, 5) is 47.4. The third kappa shape index (κ3) is 5.20. The Balaban J connectivity index is 1.42. The number of carbonyl (C=O) groups is 3. The van der Waals surface area contributed by atoms with Crippen molar-refractivity contribution in [2.24, 2.45) is 5.41 Å². The van der Waals surface area contributed by atoms with Crippen LogP contribution >= 0.6 is 0 Å². The second-order valence-electron chi connectivity index (χ2n) is 12.5. The number of carbonyl (C=O) groups excluding carboxylic acids is 3. The first-order valence-corrected chi connectivity index (χ1v) is 15.0. The molecule has 3 heterocycles. The summed E-state index contributed by atoms with van der Waals surface area (Å²) in [5, 5.41) is 10.3. The third-order valence-electron chi connectivity index (χ3n) is 9.16. The zero-order valence-corrected chi connectivity index (χ0v) is 25.1. The molecule has 0 bridgehead atoms. The molecule has 4 N–H and O–H groups in total. The van der Waals surface area contributed by atoms with Crippen LogP contribution in [-0.4, -0.2) is 52.8 Å². The van der Waals surface area contributed by atoms with Gasteiger partial charge in [-0.05, 0) is 48.6 Å². The fourth-order valence-corrected chi connectivity index (χ4v) is 6.88. The Labute approximate surface area is 252 Å². The molecule has 0 saturated carbocycles. The van der Waals surface area contributed by atoms with E-state index in [4.69, 9.17) is 0 Å². The zero-order chi connectivity index (χ0) is 30.3. The van der Waals surface area contributed by atoms with Gasteiger partial charge >= 0.3 is 0 Å². The normalized spacial score (nSPS) is 21.7. The lowest BCUT2D eigenvalue weighted by Crippen LogP contribution is -2.57. The van der Waals surface area contributed by atoms with Crippen LogP contribution in [0.25, 0.3) is 10.9 Å². The first-order chi connectivity index (χ1) is 20.7. The van der Waals surface area contributed by atoms with E-state index < -0.39 is 23.5 Å². The van der Waals surface area contributed by atoms with Crippen molar-refractivity contribution < 1.29 is 14.4 Å². The summed E-state index contributed by atoms with van der Waals surface area (Å²) in [6.07, 6.45) is 0.949. The van der Waals surface area contributed by atoms with Crippen LogP contribution in [0.3, 0.4) is 0 Å². The number of fused-ring (bicyclic) bond motifs is 5. The van der Waals surface area contributed by atoms with Gasteiger partial charge in [-0.15, -0.1) is 0 Å². The van der Waals surface area contributed by atoms with Gasteiger partial charge in [-0.1, -0.05) is 92.7 Å². The Hall–Kier alpha value is -4.43. The van der Waals surface area contributed by atoms with Crippen molar-refractivity contribution in [2.75, 3.05) is 7.05 Å². The minimum Gasteiger partial charge on any atom is -0.356 e. The minimum atomic E-state index is -0.811. The van der Waals surface area contributed by atoms with E-state index >= 15 is 0 Å². The molecule has 6 rings (SSSR count). The number of benzene rings is 3. The number of rotatable bonds is 7. The lowest BCUT2D eigenvalue weighted by molar-refractivity contribution is -0.145. The van der Waals surface area contributed by atoms with Crippen molar-refractivity contribution in [3.8, 4) is 0 Å². The SMILES string of the molecule is CN[C@@H](C)C(=O)N[C@H]1Cc2c([nH]c3ccccc23)C2CC(C)(C)C(C(=O)NC(c3ccccc3)c3ccccc3)N2C1=O. The number of H-pyrrole nitrogens is 1. The number of hydrogen-bond acceptors (Lipinski definition) is 4. The minimum absolute atomic E-state index is 0.216. The molecule has 222 valence electrons. The molecule has 4 atom stereocenters. The van der Waals surface area contributed by atoms with Gasteiger partial charge < -0.3 is 25.8 Å². The van der Waals surface area contributed by atoms with Crippen LogP contribution < -0.4 is 16.0 Å². The van der Waals surface area contributed by atoms with Crippen molar-refractivity contribution >= 4 is 28.6 Å². The number of aromatic nitrogens is 1. The monoisotopic (exact) mass is 577 g/mol. The summed E-state index contributed by atoms with van der Waals surface area (Å²) >= 11 is 0. The maximum atomic E-state index is 14.5. The number of amides is 3. The highest BCUT2D eigenvalue weighted by Crippen LogP contribution is 2.50. The molecule has 0 aliphatic carbocycles. The summed E-state index contributed by atoms with van der Waals surface area (Å²) in [6.45, 7) is 5.87. The molecule has 0 spiro atoms. The van der Waals surface area contributed by atoms with Gasteiger partial charge in [-0.25, -0.2) is 0 Å². The Kier molecular flexibility index (Phi) is 7.56. The molecular weight excluding hydrogens is 538 g/mol. The Morgan fingerprint density at radius 3 is 2.16 bits per heavy atom. The van der Waals surface area contributed by atoms with Crippen LogP contribution in [0, 0.1) is 5.41 Å². The predicted molar refractivity (Wildman–Crippen MR) is 167 cm³/mol. The molecule has 4 aromatic rings. The largest absolute Gasteiger partial charge is 0.356 e. The smallest absolute Gasteiger partial charge is 0.246 e. The number of likely N-dealkylation sites (N-methyl/N-ethyl adjacent to an activating group) is 1. The van der Waals surface area contributed by atoms with Gasteiger partial charge in [-0.3, -0.25) is 14.4 Å². The van der Waals surface area contributed by atoms with Gasteiger partial charge in [0, 0.05) is 23.0 Å². The lowest BCUT2D eigenvalue weighted by Gasteiger charge is -2.35. The van der Waals surface area contributed by atoms with Crippen LogP contribution in [0.2, 0.25) is 0 Å². The van der Waals surface area contributed by atoms with E-state index in [1.165, 1.54) is 0 Å². The highest BCUT2D eigenvalue weighted by Gasteiger charge is 2.56. The molecule has 1 aromatic heterocycles. The van der Waals surface area contributed by atoms with E-state index in [1.807, 2.05) is 78.9 Å². The molecular formula is C35H39N5O3. The number of hydrogen-bond donors (Lipinski definition) is 4. The maximum Gasteiger partial charge on any atom is 0.246 e. The third-order valence-corrected chi connectivity index (χ3v) is 9.16. The van der Waals surface area contributed by atoms with Crippen molar-refractivity contribution in [3.05, 3.63) is 107 Å². The quantitative estimate of drug-likeness (QED) is 0.261. The van der Waals surface area contributed by atoms with E-state index in [2.05, 4.69) is 40.8 Å². The van der Waals surface area contributed by atoms with E-state index in [0.29, 0.717) is 12.8 Å². The molecule has 1 fully saturated rings. The second kappa shape index (κ2) is 11.3. The fraction of sp³-hybridized carbons (Fsp3) is 0.343. The molecule has 8 heteroatoms. The summed E-state index contributed by atoms with van der Waals surface area (Å²) in [6, 6.07) is 25.1. The van der Waals surface area contributed by atoms with Crippen LogP contribution in [0.4, 0.5) is 0 Å². The second-order valence-corrected chi connectivity index (χ2v) is 12.5. The molecule has 1 saturated heterocycles. The van der Waals surface area contributed by atoms with Crippen LogP contribution in [-0.2, 0) is 20.8 Å². The summed E-state index contributed by atoms with van der Waals surface area (Å²) in [5.74, 6) is -0.711. The van der Waals surface area contributed by atoms with Gasteiger partial charge in [-0.2, -0.15) is 0 Å². The molecule has 3 amide bonds. The molecule has 8 nitrogen and oxygen atoms in total. The molecule has 2 unspecified atom stereocenters. The van der Waals surface area contributed by atoms with Crippen molar-refractivity contribution in [1.82, 2.24) is 25.8 Å². The first kappa shape index (κ1) is 28.7. The molecule has 2 aliphatic rings. The van der Waals surface area contributed by atoms with E-state index in [1.54, 1.807) is 18.9 Å². The first-order valence-electron chi connectivity index (χ1n) is 15.0. The summed E-state index contributed by atoms with van der Waals surface area (Å²) in [7, 11) is 1.71. The van der Waals surface area contributed by atoms with Crippen molar-refractivity contribution in [2.45, 2.75) is 63.8 Å². The van der Waals surface area contributed by atoms with Crippen molar-refractivity contribution in [1.29, 1.82) is 0 Å². The Morgan fingerprint density at radius 2 is 1.53 bits per heavy atom. The van der Waals surface area contributed by atoms with E-state index in [-0.39, 0.29) is 29.8 Å². The van der Waals surface area contributed by atoms with Crippen molar-refractivity contribution in [3.63, 3.8) is 0 Å². The van der Waals surface area contributed by atoms with Gasteiger partial charge in [0.15, 0.2) is 0 Å². The standard InChI is InChI=1S/C35H39N5O3/c1-21(36-4)32(41)38-27-19-25-24-17-11-12-18-26(24)37-30(25)28-20-35(2,3)31(40(28)34(27)43)33(42)39-29(22-13-7-5-8-14-22)23-15-9-6-10-16-23/h5-18,21,27-29,31,36-37H,19-20H2,1-4H3,(H,38,41)(H,39,42)/t21-,27-,28?,31?/m0/s1. The molecule has 3 aromatic carbocycles. The van der Waals surface area contributed by atoms with Gasteiger partial charge in [0.1, 0.15) is 12.1 Å². The fourth-order valence-electron chi connectivity index (χ4n) is 6.88. The Morgan fingerprint density at radius 1 is 0.930 bits per heavy atom. The number of nitrogens with one attached hydrogen (secondary N) is 4. The van der Waals surface area contributed by atoms with Gasteiger partial charge in [0.2, 0.25) is 17.7 Å². The van der Waals surface area contributed by atoms with Crippen LogP contribution in [0.15, 0.2) is 84.9 Å². The average Bonchev–Trinajstić information content (AvgIpc) is 3.50. The predicted octanol–water partition coefficient (Wildman–Crippen LogP) is 4.39. The van der Waals surface area contributed by atoms with Gasteiger partial charge in [0.05, 0.1) is 18.1 Å². The lowest BCUT2D eigenvalue weighted by atomic mass is 9.81. The van der Waals surface area contributed by atoms with Gasteiger partial charge in [0.25, 0.3) is 0 Å². The summed E-state index contributed by atoms with van der Waals surface area (Å²) < 4.78 is 0. The van der Waals surface area contributed by atoms with E-state index in [0.717, 1.165) is 33.3 Å². The Bertz CT molecular complexity index is 1610. The highest BCUT2D eigenvalue weighted by molar-refractivity contribution is 5.96.